The Hall–Kier alpha value is -2.07. The fraction of sp³-hybridized carbons (Fsp3) is 0.312. The summed E-state index contributed by atoms with van der Waals surface area (Å²) < 4.78 is 5.25. The van der Waals surface area contributed by atoms with Gasteiger partial charge >= 0.3 is 5.97 Å². The summed E-state index contributed by atoms with van der Waals surface area (Å²) in [4.78, 5) is 10.8. The van der Waals surface area contributed by atoms with Crippen LogP contribution in [0.2, 0.25) is 0 Å². The van der Waals surface area contributed by atoms with Crippen LogP contribution in [0, 0.1) is 5.92 Å². The molecule has 1 unspecified atom stereocenters. The number of hydrogen-bond acceptors (Lipinski definition) is 3. The molecular formula is C16H19NO3. The molecule has 2 aromatic rings. The van der Waals surface area contributed by atoms with Crippen LogP contribution in [0.5, 0.6) is 0 Å². The summed E-state index contributed by atoms with van der Waals surface area (Å²) in [5.74, 6) is -0.0161. The summed E-state index contributed by atoms with van der Waals surface area (Å²) in [5, 5.41) is 12.2. The zero-order chi connectivity index (χ0) is 14.5. The van der Waals surface area contributed by atoms with Crippen molar-refractivity contribution in [2.45, 2.75) is 26.4 Å². The molecule has 0 aliphatic heterocycles. The summed E-state index contributed by atoms with van der Waals surface area (Å²) in [6, 6.07) is 13.6. The van der Waals surface area contributed by atoms with Crippen LogP contribution in [0.1, 0.15) is 41.8 Å². The van der Waals surface area contributed by atoms with Crippen LogP contribution in [0.25, 0.3) is 0 Å². The van der Waals surface area contributed by atoms with E-state index in [1.54, 1.807) is 6.07 Å². The maximum absolute atomic E-state index is 10.8. The number of benzene rings is 1. The quantitative estimate of drug-likeness (QED) is 0.846. The van der Waals surface area contributed by atoms with Gasteiger partial charge in [0.2, 0.25) is 5.76 Å². The second kappa shape index (κ2) is 6.39. The maximum atomic E-state index is 10.8. The van der Waals surface area contributed by atoms with Gasteiger partial charge in [-0.25, -0.2) is 4.79 Å². The normalized spacial score (nSPS) is 12.6. The van der Waals surface area contributed by atoms with E-state index in [1.165, 1.54) is 11.6 Å². The largest absolute Gasteiger partial charge is 0.475 e. The van der Waals surface area contributed by atoms with Gasteiger partial charge in [0, 0.05) is 6.04 Å². The van der Waals surface area contributed by atoms with E-state index in [0.717, 1.165) is 0 Å². The second-order valence-electron chi connectivity index (χ2n) is 5.08. The van der Waals surface area contributed by atoms with Gasteiger partial charge in [0.05, 0.1) is 6.54 Å². The first-order valence-corrected chi connectivity index (χ1v) is 6.68. The molecule has 1 aromatic carbocycles. The van der Waals surface area contributed by atoms with Crippen LogP contribution < -0.4 is 5.32 Å². The van der Waals surface area contributed by atoms with Crippen molar-refractivity contribution in [2.75, 3.05) is 0 Å². The van der Waals surface area contributed by atoms with E-state index in [9.17, 15) is 4.79 Å². The van der Waals surface area contributed by atoms with Gasteiger partial charge in [0.1, 0.15) is 5.76 Å². The predicted octanol–water partition coefficient (Wildman–Crippen LogP) is 3.46. The van der Waals surface area contributed by atoms with E-state index in [-0.39, 0.29) is 11.8 Å². The first kappa shape index (κ1) is 14.3. The van der Waals surface area contributed by atoms with Gasteiger partial charge < -0.3 is 14.8 Å². The molecule has 1 heterocycles. The molecule has 4 nitrogen and oxygen atoms in total. The Balaban J connectivity index is 2.04. The molecule has 0 spiro atoms. The van der Waals surface area contributed by atoms with Crippen LogP contribution in [-0.2, 0) is 6.54 Å². The Labute approximate surface area is 118 Å². The van der Waals surface area contributed by atoms with Crippen LogP contribution in [0.3, 0.4) is 0 Å². The predicted molar refractivity (Wildman–Crippen MR) is 76.5 cm³/mol. The number of carboxylic acid groups (broad SMARTS) is 1. The van der Waals surface area contributed by atoms with Gasteiger partial charge in [-0.2, -0.15) is 0 Å². The third-order valence-corrected chi connectivity index (χ3v) is 3.19. The van der Waals surface area contributed by atoms with Gasteiger partial charge in [-0.3, -0.25) is 0 Å². The fourth-order valence-corrected chi connectivity index (χ4v) is 2.20. The van der Waals surface area contributed by atoms with Crippen molar-refractivity contribution in [3.8, 4) is 0 Å². The number of furan rings is 1. The van der Waals surface area contributed by atoms with Crippen LogP contribution >= 0.6 is 0 Å². The highest BCUT2D eigenvalue weighted by Gasteiger charge is 2.16. The van der Waals surface area contributed by atoms with Crippen LogP contribution in [0.4, 0.5) is 0 Å². The molecule has 106 valence electrons. The number of nitrogens with one attached hydrogen (secondary N) is 1. The Morgan fingerprint density at radius 2 is 1.90 bits per heavy atom. The Morgan fingerprint density at radius 3 is 2.45 bits per heavy atom. The lowest BCUT2D eigenvalue weighted by Gasteiger charge is -2.22. The SMILES string of the molecule is CC(C)C(NCc1ccc(C(=O)O)o1)c1ccccc1. The van der Waals surface area contributed by atoms with Crippen molar-refractivity contribution in [1.82, 2.24) is 5.32 Å². The van der Waals surface area contributed by atoms with Crippen molar-refractivity contribution < 1.29 is 14.3 Å². The average molecular weight is 273 g/mol. The van der Waals surface area contributed by atoms with Crippen molar-refractivity contribution in [3.05, 3.63) is 59.5 Å². The molecule has 2 rings (SSSR count). The van der Waals surface area contributed by atoms with E-state index in [4.69, 9.17) is 9.52 Å². The van der Waals surface area contributed by atoms with E-state index in [1.807, 2.05) is 18.2 Å². The molecule has 0 aliphatic rings. The minimum Gasteiger partial charge on any atom is -0.475 e. The highest BCUT2D eigenvalue weighted by Crippen LogP contribution is 2.22. The number of aromatic carboxylic acids is 1. The Bertz CT molecular complexity index is 560. The summed E-state index contributed by atoms with van der Waals surface area (Å²) in [5.41, 5.74) is 1.22. The molecule has 4 heteroatoms. The summed E-state index contributed by atoms with van der Waals surface area (Å²) in [7, 11) is 0. The topological polar surface area (TPSA) is 62.5 Å². The molecule has 20 heavy (non-hydrogen) atoms. The molecular weight excluding hydrogens is 254 g/mol. The summed E-state index contributed by atoms with van der Waals surface area (Å²) in [6.07, 6.45) is 0. The van der Waals surface area contributed by atoms with Crippen molar-refractivity contribution in [1.29, 1.82) is 0 Å². The molecule has 1 aromatic heterocycles. The maximum Gasteiger partial charge on any atom is 0.371 e. The van der Waals surface area contributed by atoms with Crippen molar-refractivity contribution in [3.63, 3.8) is 0 Å². The lowest BCUT2D eigenvalue weighted by atomic mass is 9.96. The smallest absolute Gasteiger partial charge is 0.371 e. The van der Waals surface area contributed by atoms with E-state index in [2.05, 4.69) is 31.3 Å². The average Bonchev–Trinajstić information content (AvgIpc) is 2.89. The fourth-order valence-electron chi connectivity index (χ4n) is 2.20. The van der Waals surface area contributed by atoms with Gasteiger partial charge in [-0.05, 0) is 23.6 Å². The Morgan fingerprint density at radius 1 is 1.20 bits per heavy atom. The minimum atomic E-state index is -1.04. The summed E-state index contributed by atoms with van der Waals surface area (Å²) >= 11 is 0. The molecule has 1 atom stereocenters. The molecule has 2 N–H and O–H groups in total. The van der Waals surface area contributed by atoms with Crippen molar-refractivity contribution in [2.24, 2.45) is 5.92 Å². The monoisotopic (exact) mass is 273 g/mol. The molecule has 0 amide bonds. The number of rotatable bonds is 6. The molecule has 0 bridgehead atoms. The lowest BCUT2D eigenvalue weighted by molar-refractivity contribution is 0.0660. The number of hydrogen-bond donors (Lipinski definition) is 2. The zero-order valence-corrected chi connectivity index (χ0v) is 11.7. The summed E-state index contributed by atoms with van der Waals surface area (Å²) in [6.45, 7) is 4.80. The number of carboxylic acids is 1. The highest BCUT2D eigenvalue weighted by atomic mass is 16.4. The van der Waals surface area contributed by atoms with Crippen LogP contribution in [-0.4, -0.2) is 11.1 Å². The molecule has 0 radical (unpaired) electrons. The first-order chi connectivity index (χ1) is 9.58. The third kappa shape index (κ3) is 3.48. The molecule has 0 aliphatic carbocycles. The Kier molecular flexibility index (Phi) is 4.58. The van der Waals surface area contributed by atoms with Gasteiger partial charge in [-0.15, -0.1) is 0 Å². The zero-order valence-electron chi connectivity index (χ0n) is 11.7. The highest BCUT2D eigenvalue weighted by molar-refractivity contribution is 5.84. The van der Waals surface area contributed by atoms with E-state index >= 15 is 0 Å². The number of carbonyl (C=O) groups is 1. The van der Waals surface area contributed by atoms with Gasteiger partial charge in [-0.1, -0.05) is 44.2 Å². The van der Waals surface area contributed by atoms with E-state index < -0.39 is 5.97 Å². The van der Waals surface area contributed by atoms with Crippen LogP contribution in [0.15, 0.2) is 46.9 Å². The minimum absolute atomic E-state index is 0.0254. The molecule has 0 fully saturated rings. The lowest BCUT2D eigenvalue weighted by Crippen LogP contribution is -2.25. The standard InChI is InChI=1S/C16H19NO3/c1-11(2)15(12-6-4-3-5-7-12)17-10-13-8-9-14(20-13)16(18)19/h3-9,11,15,17H,10H2,1-2H3,(H,18,19). The molecule has 0 saturated heterocycles. The van der Waals surface area contributed by atoms with Gasteiger partial charge in [0.15, 0.2) is 0 Å². The second-order valence-corrected chi connectivity index (χ2v) is 5.08. The van der Waals surface area contributed by atoms with Gasteiger partial charge in [0.25, 0.3) is 0 Å². The first-order valence-electron chi connectivity index (χ1n) is 6.68. The van der Waals surface area contributed by atoms with Crippen molar-refractivity contribution >= 4 is 5.97 Å². The van der Waals surface area contributed by atoms with E-state index in [0.29, 0.717) is 18.2 Å². The molecule has 0 saturated carbocycles. The third-order valence-electron chi connectivity index (χ3n) is 3.19.